The number of nitrogens with zero attached hydrogens (tertiary/aromatic N) is 1. The summed E-state index contributed by atoms with van der Waals surface area (Å²) in [6, 6.07) is -0.0284. The highest BCUT2D eigenvalue weighted by Gasteiger charge is 2.30. The number of rotatable bonds is 4. The van der Waals surface area contributed by atoms with Crippen molar-refractivity contribution in [1.82, 2.24) is 10.2 Å². The van der Waals surface area contributed by atoms with Crippen molar-refractivity contribution >= 4 is 12.0 Å². The Kier molecular flexibility index (Phi) is 6.56. The molecule has 0 saturated heterocycles. The zero-order valence-corrected chi connectivity index (χ0v) is 13.7. The summed E-state index contributed by atoms with van der Waals surface area (Å²) in [6.07, 6.45) is -0.493. The van der Waals surface area contributed by atoms with Crippen LogP contribution in [0.5, 0.6) is 0 Å². The van der Waals surface area contributed by atoms with Gasteiger partial charge in [0.25, 0.3) is 6.43 Å². The third kappa shape index (κ3) is 6.58. The molecule has 1 N–H and O–H groups in total. The number of hydrogen-bond donors (Lipinski definition) is 1. The summed E-state index contributed by atoms with van der Waals surface area (Å²) in [4.78, 5) is 24.8. The molecule has 128 valence electrons. The second-order valence-corrected chi connectivity index (χ2v) is 6.80. The first-order valence-corrected chi connectivity index (χ1v) is 7.61. The van der Waals surface area contributed by atoms with Crippen molar-refractivity contribution < 1.29 is 23.1 Å². The molecule has 0 bridgehead atoms. The molecule has 0 aliphatic heterocycles. The van der Waals surface area contributed by atoms with Gasteiger partial charge in [-0.15, -0.1) is 0 Å². The predicted molar refractivity (Wildman–Crippen MR) is 78.8 cm³/mol. The van der Waals surface area contributed by atoms with Gasteiger partial charge < -0.3 is 15.0 Å². The van der Waals surface area contributed by atoms with E-state index in [9.17, 15) is 18.4 Å². The van der Waals surface area contributed by atoms with E-state index >= 15 is 0 Å². The first-order chi connectivity index (χ1) is 10.1. The quantitative estimate of drug-likeness (QED) is 0.866. The van der Waals surface area contributed by atoms with Gasteiger partial charge in [0.2, 0.25) is 5.91 Å². The third-order valence-electron chi connectivity index (χ3n) is 3.59. The van der Waals surface area contributed by atoms with Crippen LogP contribution in [0.3, 0.4) is 0 Å². The van der Waals surface area contributed by atoms with Gasteiger partial charge in [0.05, 0.1) is 6.54 Å². The second kappa shape index (κ2) is 7.74. The first kappa shape index (κ1) is 18.6. The molecule has 7 heteroatoms. The lowest BCUT2D eigenvalue weighted by atomic mass is 9.85. The molecule has 0 aromatic heterocycles. The lowest BCUT2D eigenvalue weighted by molar-refractivity contribution is -0.137. The number of ether oxygens (including phenoxy) is 1. The van der Waals surface area contributed by atoms with Crippen molar-refractivity contribution in [3.63, 3.8) is 0 Å². The third-order valence-corrected chi connectivity index (χ3v) is 3.59. The normalized spacial score (nSPS) is 22.3. The Morgan fingerprint density at radius 2 is 1.77 bits per heavy atom. The van der Waals surface area contributed by atoms with E-state index in [1.807, 2.05) is 0 Å². The topological polar surface area (TPSA) is 58.6 Å². The van der Waals surface area contributed by atoms with E-state index in [0.717, 1.165) is 4.90 Å². The maximum atomic E-state index is 12.3. The second-order valence-electron chi connectivity index (χ2n) is 6.80. The Hall–Kier alpha value is -1.40. The van der Waals surface area contributed by atoms with Crippen LogP contribution < -0.4 is 5.32 Å². The highest BCUT2D eigenvalue weighted by molar-refractivity contribution is 5.78. The van der Waals surface area contributed by atoms with E-state index in [2.05, 4.69) is 5.32 Å². The molecule has 2 amide bonds. The Morgan fingerprint density at radius 3 is 2.23 bits per heavy atom. The molecule has 0 radical (unpaired) electrons. The van der Waals surface area contributed by atoms with Gasteiger partial charge >= 0.3 is 6.09 Å². The van der Waals surface area contributed by atoms with Gasteiger partial charge in [-0.1, -0.05) is 0 Å². The van der Waals surface area contributed by atoms with E-state index in [-0.39, 0.29) is 17.9 Å². The van der Waals surface area contributed by atoms with Crippen LogP contribution in [0.1, 0.15) is 46.5 Å². The summed E-state index contributed by atoms with van der Waals surface area (Å²) in [5, 5.41) is 2.79. The molecule has 1 fully saturated rings. The molecule has 0 aromatic carbocycles. The fourth-order valence-electron chi connectivity index (χ4n) is 2.57. The molecule has 22 heavy (non-hydrogen) atoms. The monoisotopic (exact) mass is 320 g/mol. The van der Waals surface area contributed by atoms with E-state index in [1.54, 1.807) is 20.8 Å². The number of halogens is 2. The molecule has 0 unspecified atom stereocenters. The number of carbonyl (C=O) groups excluding carboxylic acids is 2. The van der Waals surface area contributed by atoms with Crippen LogP contribution in [-0.2, 0) is 9.53 Å². The minimum Gasteiger partial charge on any atom is -0.444 e. The molecule has 1 aliphatic rings. The maximum Gasteiger partial charge on any atom is 0.407 e. The summed E-state index contributed by atoms with van der Waals surface area (Å²) >= 11 is 0. The minimum absolute atomic E-state index is 0.0284. The van der Waals surface area contributed by atoms with Crippen molar-refractivity contribution in [2.75, 3.05) is 13.6 Å². The molecule has 0 spiro atoms. The zero-order chi connectivity index (χ0) is 16.9. The van der Waals surface area contributed by atoms with Crippen LogP contribution in [0.15, 0.2) is 0 Å². The summed E-state index contributed by atoms with van der Waals surface area (Å²) in [7, 11) is 1.40. The van der Waals surface area contributed by atoms with Gasteiger partial charge in [-0.25, -0.2) is 13.6 Å². The fraction of sp³-hybridized carbons (Fsp3) is 0.867. The SMILES string of the molecule is CN(CC(F)F)C(=O)C1CCC(NC(=O)OC(C)(C)C)CC1. The number of alkyl carbamates (subject to hydrolysis) is 1. The standard InChI is InChI=1S/C15H26F2N2O3/c1-15(2,3)22-14(21)18-11-7-5-10(6-8-11)13(20)19(4)9-12(16)17/h10-12H,5-9H2,1-4H3,(H,18,21). The average molecular weight is 320 g/mol. The summed E-state index contributed by atoms with van der Waals surface area (Å²) in [5.74, 6) is -0.476. The number of carbonyl (C=O) groups is 2. The minimum atomic E-state index is -2.51. The number of amides is 2. The number of alkyl halides is 2. The van der Waals surface area contributed by atoms with Crippen LogP contribution >= 0.6 is 0 Å². The Balaban J connectivity index is 2.37. The smallest absolute Gasteiger partial charge is 0.407 e. The number of hydrogen-bond acceptors (Lipinski definition) is 3. The molecule has 5 nitrogen and oxygen atoms in total. The van der Waals surface area contributed by atoms with E-state index in [1.165, 1.54) is 7.05 Å². The zero-order valence-electron chi connectivity index (χ0n) is 13.7. The molecule has 1 rings (SSSR count). The van der Waals surface area contributed by atoms with E-state index < -0.39 is 24.7 Å². The largest absolute Gasteiger partial charge is 0.444 e. The molecule has 1 saturated carbocycles. The van der Waals surface area contributed by atoms with Gasteiger partial charge in [0.15, 0.2) is 0 Å². The van der Waals surface area contributed by atoms with Gasteiger partial charge in [0.1, 0.15) is 5.60 Å². The van der Waals surface area contributed by atoms with Crippen molar-refractivity contribution in [2.24, 2.45) is 5.92 Å². The highest BCUT2D eigenvalue weighted by atomic mass is 19.3. The average Bonchev–Trinajstić information content (AvgIpc) is 2.35. The van der Waals surface area contributed by atoms with Gasteiger partial charge in [-0.05, 0) is 46.5 Å². The van der Waals surface area contributed by atoms with Gasteiger partial charge in [0, 0.05) is 19.0 Å². The molecular formula is C15H26F2N2O3. The van der Waals surface area contributed by atoms with Crippen LogP contribution in [0, 0.1) is 5.92 Å². The van der Waals surface area contributed by atoms with Crippen molar-refractivity contribution in [2.45, 2.75) is 64.5 Å². The maximum absolute atomic E-state index is 12.3. The van der Waals surface area contributed by atoms with Gasteiger partial charge in [-0.3, -0.25) is 4.79 Å². The summed E-state index contributed by atoms with van der Waals surface area (Å²) in [6.45, 7) is 4.85. The Morgan fingerprint density at radius 1 is 1.23 bits per heavy atom. The van der Waals surface area contributed by atoms with E-state index in [0.29, 0.717) is 25.7 Å². The van der Waals surface area contributed by atoms with Crippen LogP contribution in [0.4, 0.5) is 13.6 Å². The van der Waals surface area contributed by atoms with E-state index in [4.69, 9.17) is 4.74 Å². The lowest BCUT2D eigenvalue weighted by Gasteiger charge is -2.31. The predicted octanol–water partition coefficient (Wildman–Crippen LogP) is 2.79. The molecular weight excluding hydrogens is 294 g/mol. The van der Waals surface area contributed by atoms with Crippen molar-refractivity contribution in [3.8, 4) is 0 Å². The van der Waals surface area contributed by atoms with Crippen LogP contribution in [-0.4, -0.2) is 48.6 Å². The summed E-state index contributed by atoms with van der Waals surface area (Å²) < 4.78 is 29.8. The van der Waals surface area contributed by atoms with Crippen LogP contribution in [0.25, 0.3) is 0 Å². The van der Waals surface area contributed by atoms with Crippen molar-refractivity contribution in [3.05, 3.63) is 0 Å². The van der Waals surface area contributed by atoms with Gasteiger partial charge in [-0.2, -0.15) is 0 Å². The van der Waals surface area contributed by atoms with Crippen molar-refractivity contribution in [1.29, 1.82) is 0 Å². The fourth-order valence-corrected chi connectivity index (χ4v) is 2.57. The Labute approximate surface area is 130 Å². The molecule has 0 atom stereocenters. The number of nitrogens with one attached hydrogen (secondary N) is 1. The highest BCUT2D eigenvalue weighted by Crippen LogP contribution is 2.26. The summed E-state index contributed by atoms with van der Waals surface area (Å²) in [5.41, 5.74) is -0.546. The van der Waals surface area contributed by atoms with Crippen LogP contribution in [0.2, 0.25) is 0 Å². The Bertz CT molecular complexity index is 389. The first-order valence-electron chi connectivity index (χ1n) is 7.61. The molecule has 1 aliphatic carbocycles. The lowest BCUT2D eigenvalue weighted by Crippen LogP contribution is -2.43. The molecule has 0 aromatic rings. The molecule has 0 heterocycles.